The largest absolute Gasteiger partial charge is 0.290 e. The lowest BCUT2D eigenvalue weighted by Crippen LogP contribution is -2.18. The van der Waals surface area contributed by atoms with Gasteiger partial charge in [-0.1, -0.05) is 12.8 Å². The van der Waals surface area contributed by atoms with Gasteiger partial charge in [-0.25, -0.2) is 0 Å². The summed E-state index contributed by atoms with van der Waals surface area (Å²) in [5.41, 5.74) is -0.833. The van der Waals surface area contributed by atoms with E-state index in [-0.39, 0.29) is 0 Å². The Kier molecular flexibility index (Phi) is 1.65. The van der Waals surface area contributed by atoms with Crippen LogP contribution in [0.1, 0.15) is 25.7 Å². The summed E-state index contributed by atoms with van der Waals surface area (Å²) in [5, 5.41) is 0. The van der Waals surface area contributed by atoms with Crippen molar-refractivity contribution in [1.82, 2.24) is 0 Å². The molecule has 9 heavy (non-hydrogen) atoms. The zero-order valence-corrected chi connectivity index (χ0v) is 5.14. The van der Waals surface area contributed by atoms with Crippen LogP contribution >= 0.6 is 0 Å². The van der Waals surface area contributed by atoms with E-state index in [1.807, 2.05) is 0 Å². The monoisotopic (exact) mass is 124 g/mol. The summed E-state index contributed by atoms with van der Waals surface area (Å²) < 4.78 is 0. The summed E-state index contributed by atoms with van der Waals surface area (Å²) in [6.45, 7) is 0. The van der Waals surface area contributed by atoms with Gasteiger partial charge in [0.15, 0.2) is 0 Å². The zero-order valence-electron chi connectivity index (χ0n) is 5.14. The minimum absolute atomic E-state index is 0.653. The molecular weight excluding hydrogens is 116 g/mol. The Morgan fingerprint density at radius 1 is 1.00 bits per heavy atom. The van der Waals surface area contributed by atoms with Crippen molar-refractivity contribution in [2.24, 2.45) is 5.41 Å². The second kappa shape index (κ2) is 2.29. The van der Waals surface area contributed by atoms with Crippen LogP contribution in [0.5, 0.6) is 0 Å². The molecule has 0 spiro atoms. The van der Waals surface area contributed by atoms with Gasteiger partial charge in [0, 0.05) is 0 Å². The Morgan fingerprint density at radius 3 is 1.67 bits per heavy atom. The van der Waals surface area contributed by atoms with Crippen LogP contribution in [0.25, 0.3) is 0 Å². The fraction of sp³-hybridized carbons (Fsp3) is 0.714. The molecule has 0 aromatic rings. The molecular formula is C7H8O2. The van der Waals surface area contributed by atoms with Gasteiger partial charge in [-0.05, 0) is 12.8 Å². The maximum absolute atomic E-state index is 10.2. The maximum atomic E-state index is 10.2. The van der Waals surface area contributed by atoms with E-state index in [2.05, 4.69) is 0 Å². The van der Waals surface area contributed by atoms with Crippen LogP contribution in [-0.4, -0.2) is 12.6 Å². The van der Waals surface area contributed by atoms with E-state index >= 15 is 0 Å². The van der Waals surface area contributed by atoms with Gasteiger partial charge in [0.25, 0.3) is 0 Å². The van der Waals surface area contributed by atoms with Gasteiger partial charge >= 0.3 is 0 Å². The molecule has 0 unspecified atom stereocenters. The molecule has 1 fully saturated rings. The van der Waals surface area contributed by atoms with Crippen molar-refractivity contribution in [3.05, 3.63) is 0 Å². The molecule has 0 heterocycles. The third kappa shape index (κ3) is 1.02. The summed E-state index contributed by atoms with van der Waals surface area (Å²) in [7, 11) is 0. The molecule has 0 amide bonds. The highest BCUT2D eigenvalue weighted by Gasteiger charge is 2.35. The molecule has 48 valence electrons. The molecule has 2 nitrogen and oxygen atoms in total. The van der Waals surface area contributed by atoms with Crippen molar-refractivity contribution in [3.63, 3.8) is 0 Å². The first kappa shape index (κ1) is 6.46. The molecule has 0 saturated heterocycles. The lowest BCUT2D eigenvalue weighted by molar-refractivity contribution is 0.452. The second-order valence-corrected chi connectivity index (χ2v) is 2.49. The van der Waals surface area contributed by atoms with E-state index in [0.717, 1.165) is 12.8 Å². The van der Waals surface area contributed by atoms with Crippen molar-refractivity contribution in [2.75, 3.05) is 0 Å². The average Bonchev–Trinajstić information content (AvgIpc) is 2.36. The number of hydrogen-bond donors (Lipinski definition) is 0. The molecule has 0 bridgehead atoms. The molecule has 1 rings (SSSR count). The Hall–Kier alpha value is -0.660. The molecule has 1 saturated carbocycles. The predicted molar refractivity (Wildman–Crippen MR) is 32.3 cm³/mol. The normalized spacial score (nSPS) is 23.6. The molecule has 1 aliphatic rings. The van der Waals surface area contributed by atoms with E-state index in [0.29, 0.717) is 12.8 Å². The minimum Gasteiger partial charge on any atom is -0.290 e. The molecule has 0 aromatic carbocycles. The van der Waals surface area contributed by atoms with Crippen molar-refractivity contribution in [1.29, 1.82) is 0 Å². The highest BCUT2D eigenvalue weighted by atomic mass is 16.1. The fourth-order valence-corrected chi connectivity index (χ4v) is 1.20. The summed E-state index contributed by atoms with van der Waals surface area (Å²) in [6.07, 6.45) is 6.74. The van der Waals surface area contributed by atoms with Crippen LogP contribution in [0, 0.1) is 5.41 Å². The Balaban J connectivity index is 2.66. The average molecular weight is 124 g/mol. The number of rotatable bonds is 2. The SMILES string of the molecule is O=[C]C1([C]=O)CCCC1. The van der Waals surface area contributed by atoms with Gasteiger partial charge in [0.05, 0.1) is 0 Å². The quantitative estimate of drug-likeness (QED) is 0.509. The van der Waals surface area contributed by atoms with Gasteiger partial charge in [0.2, 0.25) is 12.6 Å². The Morgan fingerprint density at radius 2 is 1.44 bits per heavy atom. The van der Waals surface area contributed by atoms with E-state index in [9.17, 15) is 9.59 Å². The molecule has 0 aliphatic heterocycles. The highest BCUT2D eigenvalue weighted by Crippen LogP contribution is 2.33. The second-order valence-electron chi connectivity index (χ2n) is 2.49. The first-order valence-corrected chi connectivity index (χ1v) is 3.12. The molecule has 1 aliphatic carbocycles. The van der Waals surface area contributed by atoms with Crippen molar-refractivity contribution >= 4 is 12.6 Å². The van der Waals surface area contributed by atoms with Gasteiger partial charge in [0.1, 0.15) is 5.41 Å². The minimum atomic E-state index is -0.833. The van der Waals surface area contributed by atoms with Crippen LogP contribution in [0.15, 0.2) is 0 Å². The maximum Gasteiger partial charge on any atom is 0.213 e. The zero-order chi connectivity index (χ0) is 6.74. The molecule has 0 atom stereocenters. The van der Waals surface area contributed by atoms with Gasteiger partial charge < -0.3 is 0 Å². The Labute approximate surface area is 54.2 Å². The van der Waals surface area contributed by atoms with Crippen LogP contribution in [0.2, 0.25) is 0 Å². The first-order valence-electron chi connectivity index (χ1n) is 3.12. The van der Waals surface area contributed by atoms with Gasteiger partial charge in [-0.3, -0.25) is 9.59 Å². The summed E-state index contributed by atoms with van der Waals surface area (Å²) in [6, 6.07) is 0. The smallest absolute Gasteiger partial charge is 0.213 e. The number of hydrogen-bond acceptors (Lipinski definition) is 2. The van der Waals surface area contributed by atoms with Crippen LogP contribution in [0.4, 0.5) is 0 Å². The van der Waals surface area contributed by atoms with E-state index < -0.39 is 5.41 Å². The molecule has 0 aromatic heterocycles. The third-order valence-electron chi connectivity index (χ3n) is 1.85. The first-order chi connectivity index (χ1) is 4.33. The lowest BCUT2D eigenvalue weighted by Gasteiger charge is -2.07. The van der Waals surface area contributed by atoms with Gasteiger partial charge in [-0.2, -0.15) is 0 Å². The summed E-state index contributed by atoms with van der Waals surface area (Å²) >= 11 is 0. The summed E-state index contributed by atoms with van der Waals surface area (Å²) in [5.74, 6) is 0. The fourth-order valence-electron chi connectivity index (χ4n) is 1.20. The van der Waals surface area contributed by atoms with E-state index in [1.54, 1.807) is 12.6 Å². The van der Waals surface area contributed by atoms with Gasteiger partial charge in [-0.15, -0.1) is 0 Å². The van der Waals surface area contributed by atoms with E-state index in [4.69, 9.17) is 0 Å². The number of carbonyl (C=O) groups excluding carboxylic acids is 2. The van der Waals surface area contributed by atoms with Crippen LogP contribution in [0.3, 0.4) is 0 Å². The molecule has 0 N–H and O–H groups in total. The van der Waals surface area contributed by atoms with Crippen molar-refractivity contribution < 1.29 is 9.59 Å². The topological polar surface area (TPSA) is 34.1 Å². The van der Waals surface area contributed by atoms with E-state index in [1.165, 1.54) is 0 Å². The Bertz CT molecular complexity index is 113. The van der Waals surface area contributed by atoms with Crippen molar-refractivity contribution in [2.45, 2.75) is 25.7 Å². The third-order valence-corrected chi connectivity index (χ3v) is 1.85. The molecule has 2 heteroatoms. The highest BCUT2D eigenvalue weighted by molar-refractivity contribution is 5.84. The lowest BCUT2D eigenvalue weighted by atomic mass is 9.90. The predicted octanol–water partition coefficient (Wildman–Crippen LogP) is 0.766. The van der Waals surface area contributed by atoms with Crippen LogP contribution < -0.4 is 0 Å². The summed E-state index contributed by atoms with van der Waals surface area (Å²) in [4.78, 5) is 20.3. The standard InChI is InChI=1S/C7H8O2/c8-5-7(6-9)3-1-2-4-7/h1-4H2. The molecule has 2 radical (unpaired) electrons. The van der Waals surface area contributed by atoms with Crippen LogP contribution in [-0.2, 0) is 9.59 Å². The van der Waals surface area contributed by atoms with Crippen molar-refractivity contribution in [3.8, 4) is 0 Å².